The molecule has 1 atom stereocenters. The van der Waals surface area contributed by atoms with E-state index in [9.17, 15) is 4.79 Å². The van der Waals surface area contributed by atoms with Crippen molar-refractivity contribution in [3.05, 3.63) is 78.4 Å². The van der Waals surface area contributed by atoms with Crippen LogP contribution in [0.2, 0.25) is 0 Å². The Morgan fingerprint density at radius 2 is 1.64 bits per heavy atom. The summed E-state index contributed by atoms with van der Waals surface area (Å²) in [6, 6.07) is 23.5. The Balaban J connectivity index is 1.63. The van der Waals surface area contributed by atoms with Gasteiger partial charge in [0.1, 0.15) is 5.75 Å². The van der Waals surface area contributed by atoms with E-state index in [4.69, 9.17) is 4.74 Å². The van der Waals surface area contributed by atoms with E-state index in [0.29, 0.717) is 5.75 Å². The van der Waals surface area contributed by atoms with Crippen LogP contribution in [0.3, 0.4) is 0 Å². The summed E-state index contributed by atoms with van der Waals surface area (Å²) in [5.41, 5.74) is 4.27. The fourth-order valence-corrected chi connectivity index (χ4v) is 2.47. The molecule has 4 nitrogen and oxygen atoms in total. The molecule has 1 unspecified atom stereocenters. The van der Waals surface area contributed by atoms with Gasteiger partial charge in [-0.05, 0) is 42.3 Å². The maximum Gasteiger partial charge on any atom is 0.280 e. The molecule has 0 aliphatic carbocycles. The second-order valence-corrected chi connectivity index (χ2v) is 5.81. The summed E-state index contributed by atoms with van der Waals surface area (Å²) in [4.78, 5) is 12.2. The summed E-state index contributed by atoms with van der Waals surface area (Å²) < 4.78 is 5.74. The van der Waals surface area contributed by atoms with E-state index in [2.05, 4.69) is 10.5 Å². The second kappa shape index (κ2) is 7.62. The number of ether oxygens (including phenoxy) is 1. The Morgan fingerprint density at radius 3 is 2.40 bits per heavy atom. The average molecular weight is 332 g/mol. The zero-order chi connectivity index (χ0) is 17.6. The first-order valence-corrected chi connectivity index (χ1v) is 8.18. The van der Waals surface area contributed by atoms with E-state index >= 15 is 0 Å². The lowest BCUT2D eigenvalue weighted by Gasteiger charge is -2.14. The van der Waals surface area contributed by atoms with Gasteiger partial charge in [0.25, 0.3) is 5.91 Å². The van der Waals surface area contributed by atoms with Crippen molar-refractivity contribution in [2.45, 2.75) is 20.0 Å². The summed E-state index contributed by atoms with van der Waals surface area (Å²) in [6.07, 6.45) is -0.645. The van der Waals surface area contributed by atoms with Gasteiger partial charge in [0.05, 0.1) is 5.71 Å². The summed E-state index contributed by atoms with van der Waals surface area (Å²) in [5.74, 6) is 0.369. The predicted octanol–water partition coefficient (Wildman–Crippen LogP) is 4.15. The topological polar surface area (TPSA) is 50.7 Å². The first kappa shape index (κ1) is 16.7. The first-order chi connectivity index (χ1) is 12.1. The van der Waals surface area contributed by atoms with Gasteiger partial charge in [0.2, 0.25) is 0 Å². The van der Waals surface area contributed by atoms with Gasteiger partial charge in [-0.2, -0.15) is 5.10 Å². The van der Waals surface area contributed by atoms with Crippen molar-refractivity contribution in [1.82, 2.24) is 5.43 Å². The lowest BCUT2D eigenvalue weighted by atomic mass is 10.1. The molecule has 1 amide bonds. The van der Waals surface area contributed by atoms with Crippen LogP contribution in [-0.4, -0.2) is 17.7 Å². The van der Waals surface area contributed by atoms with Crippen molar-refractivity contribution in [2.24, 2.45) is 5.10 Å². The van der Waals surface area contributed by atoms with Crippen molar-refractivity contribution in [1.29, 1.82) is 0 Å². The molecular formula is C21H20N2O2. The molecule has 126 valence electrons. The predicted molar refractivity (Wildman–Crippen MR) is 101 cm³/mol. The van der Waals surface area contributed by atoms with Crippen molar-refractivity contribution in [3.8, 4) is 5.75 Å². The monoisotopic (exact) mass is 332 g/mol. The van der Waals surface area contributed by atoms with E-state index < -0.39 is 6.10 Å². The van der Waals surface area contributed by atoms with Gasteiger partial charge in [-0.25, -0.2) is 5.43 Å². The second-order valence-electron chi connectivity index (χ2n) is 5.81. The zero-order valence-electron chi connectivity index (χ0n) is 14.3. The van der Waals surface area contributed by atoms with E-state index in [1.165, 1.54) is 0 Å². The van der Waals surface area contributed by atoms with E-state index in [1.54, 1.807) is 6.92 Å². The fraction of sp³-hybridized carbons (Fsp3) is 0.143. The Kier molecular flexibility index (Phi) is 5.09. The van der Waals surface area contributed by atoms with Crippen LogP contribution in [0.25, 0.3) is 10.8 Å². The van der Waals surface area contributed by atoms with Crippen LogP contribution in [0.5, 0.6) is 5.75 Å². The van der Waals surface area contributed by atoms with Crippen LogP contribution in [0.4, 0.5) is 0 Å². The molecule has 0 heterocycles. The number of fused-ring (bicyclic) bond motifs is 1. The normalized spacial score (nSPS) is 12.6. The van der Waals surface area contributed by atoms with Crippen LogP contribution in [0, 0.1) is 0 Å². The Morgan fingerprint density at radius 1 is 0.960 bits per heavy atom. The number of hydrogen-bond acceptors (Lipinski definition) is 3. The van der Waals surface area contributed by atoms with E-state index in [-0.39, 0.29) is 5.91 Å². The third-order valence-corrected chi connectivity index (χ3v) is 3.93. The van der Waals surface area contributed by atoms with Crippen molar-refractivity contribution in [3.63, 3.8) is 0 Å². The number of benzene rings is 3. The molecule has 0 saturated heterocycles. The first-order valence-electron chi connectivity index (χ1n) is 8.18. The summed E-state index contributed by atoms with van der Waals surface area (Å²) in [6.45, 7) is 3.56. The fourth-order valence-electron chi connectivity index (χ4n) is 2.47. The van der Waals surface area contributed by atoms with Crippen molar-refractivity contribution in [2.75, 3.05) is 0 Å². The van der Waals surface area contributed by atoms with Crippen LogP contribution in [0.1, 0.15) is 19.4 Å². The Hall–Kier alpha value is -3.14. The highest BCUT2D eigenvalue weighted by atomic mass is 16.5. The highest BCUT2D eigenvalue weighted by molar-refractivity contribution is 5.99. The van der Waals surface area contributed by atoms with Gasteiger partial charge >= 0.3 is 0 Å². The van der Waals surface area contributed by atoms with Crippen LogP contribution >= 0.6 is 0 Å². The zero-order valence-corrected chi connectivity index (χ0v) is 14.3. The highest BCUT2D eigenvalue weighted by Crippen LogP contribution is 2.21. The molecule has 1 N–H and O–H groups in total. The third kappa shape index (κ3) is 4.23. The largest absolute Gasteiger partial charge is 0.481 e. The summed E-state index contributed by atoms with van der Waals surface area (Å²) in [5, 5.41) is 6.35. The number of amides is 1. The molecule has 0 bridgehead atoms. The highest BCUT2D eigenvalue weighted by Gasteiger charge is 2.14. The molecule has 0 saturated carbocycles. The number of hydrazone groups is 1. The lowest BCUT2D eigenvalue weighted by Crippen LogP contribution is -2.33. The molecule has 3 aromatic rings. The van der Waals surface area contributed by atoms with Gasteiger partial charge in [-0.15, -0.1) is 0 Å². The van der Waals surface area contributed by atoms with Crippen LogP contribution in [-0.2, 0) is 4.79 Å². The molecule has 0 aliphatic heterocycles. The van der Waals surface area contributed by atoms with E-state index in [1.807, 2.05) is 79.7 Å². The van der Waals surface area contributed by atoms with Crippen molar-refractivity contribution >= 4 is 22.4 Å². The molecule has 3 rings (SSSR count). The minimum absolute atomic E-state index is 0.288. The van der Waals surface area contributed by atoms with Gasteiger partial charge in [0, 0.05) is 0 Å². The molecule has 4 heteroatoms. The third-order valence-electron chi connectivity index (χ3n) is 3.93. The van der Waals surface area contributed by atoms with Crippen LogP contribution in [0.15, 0.2) is 77.9 Å². The van der Waals surface area contributed by atoms with Crippen LogP contribution < -0.4 is 10.2 Å². The number of nitrogens with zero attached hydrogens (tertiary/aromatic N) is 1. The Bertz CT molecular complexity index is 904. The maximum atomic E-state index is 12.2. The Labute approximate surface area is 147 Å². The molecule has 0 aliphatic rings. The number of rotatable bonds is 5. The molecular weight excluding hydrogens is 312 g/mol. The van der Waals surface area contributed by atoms with Gasteiger partial charge < -0.3 is 4.74 Å². The van der Waals surface area contributed by atoms with Gasteiger partial charge in [0.15, 0.2) is 6.10 Å². The van der Waals surface area contributed by atoms with Crippen molar-refractivity contribution < 1.29 is 9.53 Å². The summed E-state index contributed by atoms with van der Waals surface area (Å²) in [7, 11) is 0. The SMILES string of the molecule is CC(=NNC(=O)C(C)Oc1ccc2ccccc2c1)c1ccccc1. The lowest BCUT2D eigenvalue weighted by molar-refractivity contribution is -0.127. The number of nitrogens with one attached hydrogen (secondary N) is 1. The number of carbonyl (C=O) groups is 1. The van der Waals surface area contributed by atoms with Gasteiger partial charge in [-0.1, -0.05) is 60.7 Å². The number of hydrogen-bond donors (Lipinski definition) is 1. The molecule has 0 spiro atoms. The minimum Gasteiger partial charge on any atom is -0.481 e. The minimum atomic E-state index is -0.645. The molecule has 3 aromatic carbocycles. The molecule has 0 aromatic heterocycles. The number of carbonyl (C=O) groups excluding carboxylic acids is 1. The maximum absolute atomic E-state index is 12.2. The average Bonchev–Trinajstić information content (AvgIpc) is 2.66. The van der Waals surface area contributed by atoms with E-state index in [0.717, 1.165) is 22.0 Å². The van der Waals surface area contributed by atoms with Gasteiger partial charge in [-0.3, -0.25) is 4.79 Å². The summed E-state index contributed by atoms with van der Waals surface area (Å²) >= 11 is 0. The standard InChI is InChI=1S/C21H20N2O2/c1-15(17-8-4-3-5-9-17)22-23-21(24)16(2)25-20-13-12-18-10-6-7-11-19(18)14-20/h3-14,16H,1-2H3,(H,23,24). The smallest absolute Gasteiger partial charge is 0.280 e. The molecule has 0 fully saturated rings. The molecule has 25 heavy (non-hydrogen) atoms. The quantitative estimate of drug-likeness (QED) is 0.564. The molecule has 0 radical (unpaired) electrons.